The average molecular weight is 337 g/mol. The molecular formula is C16H20FN3O4. The number of halogens is 1. The highest BCUT2D eigenvalue weighted by Gasteiger charge is 2.31. The molecule has 1 heterocycles. The molecular weight excluding hydrogens is 317 g/mol. The molecule has 8 heteroatoms. The van der Waals surface area contributed by atoms with Crippen molar-refractivity contribution in [2.45, 2.75) is 6.42 Å². The second-order valence-electron chi connectivity index (χ2n) is 5.14. The minimum atomic E-state index is -0.552. The van der Waals surface area contributed by atoms with Crippen LogP contribution in [0.1, 0.15) is 6.42 Å². The Kier molecular flexibility index (Phi) is 6.28. The van der Waals surface area contributed by atoms with Gasteiger partial charge in [-0.15, -0.1) is 0 Å². The van der Waals surface area contributed by atoms with Gasteiger partial charge in [-0.05, 0) is 18.6 Å². The van der Waals surface area contributed by atoms with Crippen molar-refractivity contribution in [2.75, 3.05) is 44.0 Å². The predicted molar refractivity (Wildman–Crippen MR) is 86.9 cm³/mol. The number of ether oxygens (including phenoxy) is 1. The zero-order valence-electron chi connectivity index (χ0n) is 13.3. The van der Waals surface area contributed by atoms with E-state index in [1.807, 2.05) is 0 Å². The maximum Gasteiger partial charge on any atom is 0.277 e. The molecule has 0 saturated heterocycles. The number of β-amino-alcohol motifs (C(OH)–C–C–N with tert-alkyl or cyclic N) is 1. The van der Waals surface area contributed by atoms with E-state index in [2.05, 4.69) is 10.6 Å². The van der Waals surface area contributed by atoms with E-state index in [0.717, 1.165) is 11.0 Å². The smallest absolute Gasteiger partial charge is 0.277 e. The molecule has 1 aliphatic rings. The molecule has 0 spiro atoms. The summed E-state index contributed by atoms with van der Waals surface area (Å²) in [5.74, 6) is -1.53. The van der Waals surface area contributed by atoms with E-state index >= 15 is 0 Å². The van der Waals surface area contributed by atoms with E-state index in [1.54, 1.807) is 13.2 Å². The van der Waals surface area contributed by atoms with Crippen LogP contribution < -0.4 is 10.6 Å². The van der Waals surface area contributed by atoms with Gasteiger partial charge in [0.1, 0.15) is 11.5 Å². The molecule has 1 aliphatic heterocycles. The van der Waals surface area contributed by atoms with Gasteiger partial charge in [-0.2, -0.15) is 0 Å². The highest BCUT2D eigenvalue weighted by atomic mass is 19.1. The lowest BCUT2D eigenvalue weighted by molar-refractivity contribution is -0.137. The first-order valence-electron chi connectivity index (χ1n) is 7.55. The molecule has 0 radical (unpaired) electrons. The first-order chi connectivity index (χ1) is 11.6. The summed E-state index contributed by atoms with van der Waals surface area (Å²) in [5.41, 5.74) is 0.611. The number of anilines is 2. The van der Waals surface area contributed by atoms with Crippen molar-refractivity contribution in [1.82, 2.24) is 4.90 Å². The SMILES string of the molecule is COCCCNc1c(F)cccc1NC1=CC(=O)N(CCO)C1=O. The molecule has 2 rings (SSSR count). The Hall–Kier alpha value is -2.45. The van der Waals surface area contributed by atoms with Crippen molar-refractivity contribution >= 4 is 23.2 Å². The van der Waals surface area contributed by atoms with Crippen LogP contribution in [0.15, 0.2) is 30.0 Å². The van der Waals surface area contributed by atoms with Crippen LogP contribution in [0.5, 0.6) is 0 Å². The minimum Gasteiger partial charge on any atom is -0.395 e. The van der Waals surface area contributed by atoms with Gasteiger partial charge in [0.25, 0.3) is 11.8 Å². The van der Waals surface area contributed by atoms with E-state index in [-0.39, 0.29) is 24.5 Å². The zero-order valence-corrected chi connectivity index (χ0v) is 13.3. The maximum absolute atomic E-state index is 14.1. The summed E-state index contributed by atoms with van der Waals surface area (Å²) in [7, 11) is 1.59. The van der Waals surface area contributed by atoms with E-state index in [4.69, 9.17) is 9.84 Å². The Morgan fingerprint density at radius 1 is 1.33 bits per heavy atom. The summed E-state index contributed by atoms with van der Waals surface area (Å²) in [6, 6.07) is 4.41. The summed E-state index contributed by atoms with van der Waals surface area (Å²) in [6.07, 6.45) is 1.83. The molecule has 0 aromatic heterocycles. The zero-order chi connectivity index (χ0) is 17.5. The third-order valence-electron chi connectivity index (χ3n) is 3.44. The number of nitrogens with zero attached hydrogens (tertiary/aromatic N) is 1. The predicted octanol–water partition coefficient (Wildman–Crippen LogP) is 0.931. The van der Waals surface area contributed by atoms with Crippen molar-refractivity contribution in [3.8, 4) is 0 Å². The van der Waals surface area contributed by atoms with Crippen LogP contribution in [0.25, 0.3) is 0 Å². The number of benzene rings is 1. The van der Waals surface area contributed by atoms with Crippen LogP contribution >= 0.6 is 0 Å². The van der Waals surface area contributed by atoms with Crippen LogP contribution in [-0.2, 0) is 14.3 Å². The van der Waals surface area contributed by atoms with Gasteiger partial charge in [-0.25, -0.2) is 4.39 Å². The van der Waals surface area contributed by atoms with Crippen molar-refractivity contribution in [3.05, 3.63) is 35.8 Å². The Bertz CT molecular complexity index is 648. The first kappa shape index (κ1) is 17.9. The van der Waals surface area contributed by atoms with Crippen LogP contribution in [0.4, 0.5) is 15.8 Å². The lowest BCUT2D eigenvalue weighted by atomic mass is 10.2. The lowest BCUT2D eigenvalue weighted by Gasteiger charge is -2.16. The molecule has 3 N–H and O–H groups in total. The normalized spacial score (nSPS) is 14.1. The Balaban J connectivity index is 2.12. The summed E-state index contributed by atoms with van der Waals surface area (Å²) < 4.78 is 19.0. The first-order valence-corrected chi connectivity index (χ1v) is 7.55. The molecule has 24 heavy (non-hydrogen) atoms. The quantitative estimate of drug-likeness (QED) is 0.459. The maximum atomic E-state index is 14.1. The van der Waals surface area contributed by atoms with Crippen molar-refractivity contribution in [2.24, 2.45) is 0 Å². The molecule has 0 aliphatic carbocycles. The molecule has 130 valence electrons. The molecule has 1 aromatic carbocycles. The largest absolute Gasteiger partial charge is 0.395 e. The number of methoxy groups -OCH3 is 1. The summed E-state index contributed by atoms with van der Waals surface area (Å²) in [6.45, 7) is 0.639. The van der Waals surface area contributed by atoms with Gasteiger partial charge in [-0.3, -0.25) is 14.5 Å². The molecule has 2 amide bonds. The number of carbonyl (C=O) groups is 2. The fourth-order valence-electron chi connectivity index (χ4n) is 2.29. The van der Waals surface area contributed by atoms with Gasteiger partial charge in [0, 0.05) is 26.3 Å². The molecule has 0 bridgehead atoms. The van der Waals surface area contributed by atoms with Crippen LogP contribution in [0.2, 0.25) is 0 Å². The molecule has 7 nitrogen and oxygen atoms in total. The number of carbonyl (C=O) groups excluding carboxylic acids is 2. The average Bonchev–Trinajstić information content (AvgIpc) is 2.81. The number of aliphatic hydroxyl groups excluding tert-OH is 1. The fourth-order valence-corrected chi connectivity index (χ4v) is 2.29. The highest BCUT2D eigenvalue weighted by molar-refractivity contribution is 6.17. The van der Waals surface area contributed by atoms with E-state index in [0.29, 0.717) is 25.3 Å². The third-order valence-corrected chi connectivity index (χ3v) is 3.44. The second-order valence-corrected chi connectivity index (χ2v) is 5.14. The summed E-state index contributed by atoms with van der Waals surface area (Å²) >= 11 is 0. The third kappa shape index (κ3) is 4.09. The fraction of sp³-hybridized carbons (Fsp3) is 0.375. The van der Waals surface area contributed by atoms with E-state index in [1.165, 1.54) is 12.1 Å². The van der Waals surface area contributed by atoms with Crippen molar-refractivity contribution < 1.29 is 23.8 Å². The number of amides is 2. The number of aliphatic hydroxyl groups is 1. The topological polar surface area (TPSA) is 90.9 Å². The van der Waals surface area contributed by atoms with Gasteiger partial charge >= 0.3 is 0 Å². The molecule has 0 saturated carbocycles. The van der Waals surface area contributed by atoms with Crippen LogP contribution in [-0.4, -0.2) is 55.2 Å². The number of hydrogen-bond donors (Lipinski definition) is 3. The highest BCUT2D eigenvalue weighted by Crippen LogP contribution is 2.27. The standard InChI is InChI=1S/C16H20FN3O4/c1-24-9-3-6-18-15-11(17)4-2-5-12(15)19-13-10-14(22)20(7-8-21)16(13)23/h2,4-5,10,18-19,21H,3,6-9H2,1H3. The van der Waals surface area contributed by atoms with E-state index in [9.17, 15) is 14.0 Å². The molecule has 0 unspecified atom stereocenters. The van der Waals surface area contributed by atoms with Gasteiger partial charge < -0.3 is 20.5 Å². The van der Waals surface area contributed by atoms with Crippen LogP contribution in [0, 0.1) is 5.82 Å². The number of imide groups is 1. The lowest BCUT2D eigenvalue weighted by Crippen LogP contribution is -2.34. The van der Waals surface area contributed by atoms with Gasteiger partial charge in [0.05, 0.1) is 24.5 Å². The van der Waals surface area contributed by atoms with E-state index < -0.39 is 17.6 Å². The monoisotopic (exact) mass is 337 g/mol. The van der Waals surface area contributed by atoms with Gasteiger partial charge in [0.2, 0.25) is 0 Å². The van der Waals surface area contributed by atoms with Crippen LogP contribution in [0.3, 0.4) is 0 Å². The Morgan fingerprint density at radius 2 is 2.12 bits per heavy atom. The van der Waals surface area contributed by atoms with Gasteiger partial charge in [0.15, 0.2) is 0 Å². The number of para-hydroxylation sites is 1. The molecule has 1 aromatic rings. The minimum absolute atomic E-state index is 0.0407. The number of hydrogen-bond acceptors (Lipinski definition) is 6. The Labute approximate surface area is 139 Å². The van der Waals surface area contributed by atoms with Crippen molar-refractivity contribution in [1.29, 1.82) is 0 Å². The molecule has 0 fully saturated rings. The number of rotatable bonds is 9. The molecule has 0 atom stereocenters. The Morgan fingerprint density at radius 3 is 2.83 bits per heavy atom. The second kappa shape index (κ2) is 8.42. The summed E-state index contributed by atoms with van der Waals surface area (Å²) in [4.78, 5) is 24.8. The summed E-state index contributed by atoms with van der Waals surface area (Å²) in [5, 5.41) is 14.7. The van der Waals surface area contributed by atoms with Gasteiger partial charge in [-0.1, -0.05) is 6.07 Å². The van der Waals surface area contributed by atoms with Crippen molar-refractivity contribution in [3.63, 3.8) is 0 Å². The number of nitrogens with one attached hydrogen (secondary N) is 2.